The number of rotatable bonds is 6. The van der Waals surface area contributed by atoms with Crippen LogP contribution in [0.5, 0.6) is 0 Å². The van der Waals surface area contributed by atoms with Crippen molar-refractivity contribution in [3.8, 4) is 0 Å². The molecule has 22 heavy (non-hydrogen) atoms. The lowest BCUT2D eigenvalue weighted by Gasteiger charge is -2.15. The van der Waals surface area contributed by atoms with Crippen LogP contribution in [0.3, 0.4) is 0 Å². The van der Waals surface area contributed by atoms with Crippen molar-refractivity contribution in [3.05, 3.63) is 49.6 Å². The zero-order valence-corrected chi connectivity index (χ0v) is 15.2. The van der Waals surface area contributed by atoms with Gasteiger partial charge in [0.15, 0.2) is 0 Å². The van der Waals surface area contributed by atoms with Crippen LogP contribution in [0, 0.1) is 0 Å². The summed E-state index contributed by atoms with van der Waals surface area (Å²) in [4.78, 5) is 0.758. The summed E-state index contributed by atoms with van der Waals surface area (Å²) in [6.45, 7) is 0.0541. The SMILES string of the molecule is COC(CNS(=O)(=O)c1cc(Cl)ccc1Cl)c1ccc(Cl)s1. The van der Waals surface area contributed by atoms with E-state index in [1.807, 2.05) is 0 Å². The average molecular weight is 401 g/mol. The maximum atomic E-state index is 12.3. The highest BCUT2D eigenvalue weighted by Crippen LogP contribution is 2.29. The molecular formula is C13H12Cl3NO3S2. The number of halogens is 3. The van der Waals surface area contributed by atoms with Crippen LogP contribution in [0.2, 0.25) is 14.4 Å². The molecule has 0 aliphatic heterocycles. The van der Waals surface area contributed by atoms with E-state index in [1.165, 1.54) is 36.6 Å². The van der Waals surface area contributed by atoms with Gasteiger partial charge >= 0.3 is 0 Å². The molecule has 0 aliphatic rings. The Bertz CT molecular complexity index is 762. The van der Waals surface area contributed by atoms with E-state index in [1.54, 1.807) is 12.1 Å². The van der Waals surface area contributed by atoms with Crippen molar-refractivity contribution in [1.82, 2.24) is 4.72 Å². The topological polar surface area (TPSA) is 55.4 Å². The minimum atomic E-state index is -3.79. The van der Waals surface area contributed by atoms with Gasteiger partial charge in [0.1, 0.15) is 11.0 Å². The summed E-state index contributed by atoms with van der Waals surface area (Å²) >= 11 is 19.0. The molecule has 0 bridgehead atoms. The predicted molar refractivity (Wildman–Crippen MR) is 90.7 cm³/mol. The fourth-order valence-corrected chi connectivity index (χ4v) is 4.68. The molecule has 0 fully saturated rings. The maximum Gasteiger partial charge on any atom is 0.242 e. The molecule has 0 amide bonds. The normalized spacial score (nSPS) is 13.3. The smallest absolute Gasteiger partial charge is 0.242 e. The van der Waals surface area contributed by atoms with Gasteiger partial charge in [0.2, 0.25) is 10.0 Å². The molecule has 1 N–H and O–H groups in total. The van der Waals surface area contributed by atoms with Gasteiger partial charge in [0.05, 0.1) is 9.36 Å². The Hall–Kier alpha value is -0.340. The van der Waals surface area contributed by atoms with E-state index in [2.05, 4.69) is 4.72 Å². The summed E-state index contributed by atoms with van der Waals surface area (Å²) in [5, 5.41) is 0.392. The first-order valence-electron chi connectivity index (χ1n) is 6.06. The Morgan fingerprint density at radius 3 is 2.55 bits per heavy atom. The van der Waals surface area contributed by atoms with Crippen LogP contribution in [0.4, 0.5) is 0 Å². The lowest BCUT2D eigenvalue weighted by Crippen LogP contribution is -2.29. The summed E-state index contributed by atoms with van der Waals surface area (Å²) in [6, 6.07) is 7.79. The number of ether oxygens (including phenoxy) is 1. The molecule has 1 heterocycles. The summed E-state index contributed by atoms with van der Waals surface area (Å²) < 4.78 is 33.0. The molecule has 1 aromatic carbocycles. The molecule has 1 aromatic heterocycles. The summed E-state index contributed by atoms with van der Waals surface area (Å²) in [5.41, 5.74) is 0. The number of sulfonamides is 1. The molecule has 9 heteroatoms. The van der Waals surface area contributed by atoms with Crippen LogP contribution in [-0.4, -0.2) is 22.1 Å². The molecule has 0 aliphatic carbocycles. The lowest BCUT2D eigenvalue weighted by molar-refractivity contribution is 0.110. The molecule has 4 nitrogen and oxygen atoms in total. The van der Waals surface area contributed by atoms with Crippen molar-refractivity contribution in [2.24, 2.45) is 0 Å². The van der Waals surface area contributed by atoms with E-state index in [0.29, 0.717) is 4.34 Å². The second-order valence-electron chi connectivity index (χ2n) is 4.29. The Balaban J connectivity index is 2.16. The van der Waals surface area contributed by atoms with Gasteiger partial charge in [-0.1, -0.05) is 34.8 Å². The van der Waals surface area contributed by atoms with Crippen LogP contribution in [0.15, 0.2) is 35.2 Å². The van der Waals surface area contributed by atoms with E-state index in [4.69, 9.17) is 39.5 Å². The van der Waals surface area contributed by atoms with Gasteiger partial charge in [-0.05, 0) is 30.3 Å². The van der Waals surface area contributed by atoms with E-state index < -0.39 is 16.1 Å². The van der Waals surface area contributed by atoms with Gasteiger partial charge in [-0.25, -0.2) is 13.1 Å². The summed E-state index contributed by atoms with van der Waals surface area (Å²) in [6.07, 6.45) is -0.440. The van der Waals surface area contributed by atoms with Crippen LogP contribution in [-0.2, 0) is 14.8 Å². The van der Waals surface area contributed by atoms with Crippen molar-refractivity contribution >= 4 is 56.2 Å². The van der Waals surface area contributed by atoms with E-state index in [9.17, 15) is 8.42 Å². The largest absolute Gasteiger partial charge is 0.375 e. The zero-order chi connectivity index (χ0) is 16.3. The van der Waals surface area contributed by atoms with E-state index in [-0.39, 0.29) is 21.5 Å². The van der Waals surface area contributed by atoms with Gasteiger partial charge < -0.3 is 4.74 Å². The average Bonchev–Trinajstić information content (AvgIpc) is 2.88. The van der Waals surface area contributed by atoms with Crippen LogP contribution < -0.4 is 4.72 Å². The molecular weight excluding hydrogens is 389 g/mol. The van der Waals surface area contributed by atoms with Gasteiger partial charge in [-0.15, -0.1) is 11.3 Å². The fraction of sp³-hybridized carbons (Fsp3) is 0.231. The monoisotopic (exact) mass is 399 g/mol. The van der Waals surface area contributed by atoms with Crippen molar-refractivity contribution in [3.63, 3.8) is 0 Å². The minimum absolute atomic E-state index is 0.0541. The fourth-order valence-electron chi connectivity index (χ4n) is 1.75. The first-order valence-corrected chi connectivity index (χ1v) is 9.49. The summed E-state index contributed by atoms with van der Waals surface area (Å²) in [5.74, 6) is 0. The molecule has 2 rings (SSSR count). The zero-order valence-electron chi connectivity index (χ0n) is 11.3. The predicted octanol–water partition coefficient (Wildman–Crippen LogP) is 4.37. The molecule has 0 spiro atoms. The van der Waals surface area contributed by atoms with Crippen molar-refractivity contribution in [2.45, 2.75) is 11.0 Å². The van der Waals surface area contributed by atoms with Crippen molar-refractivity contribution in [2.75, 3.05) is 13.7 Å². The first-order chi connectivity index (χ1) is 10.3. The Morgan fingerprint density at radius 1 is 1.23 bits per heavy atom. The second kappa shape index (κ2) is 7.49. The number of methoxy groups -OCH3 is 1. The lowest BCUT2D eigenvalue weighted by atomic mass is 10.3. The van der Waals surface area contributed by atoms with Gasteiger partial charge in [-0.3, -0.25) is 0 Å². The highest BCUT2D eigenvalue weighted by atomic mass is 35.5. The quantitative estimate of drug-likeness (QED) is 0.783. The second-order valence-corrected chi connectivity index (χ2v) is 8.62. The van der Waals surface area contributed by atoms with Crippen LogP contribution >= 0.6 is 46.1 Å². The summed E-state index contributed by atoms with van der Waals surface area (Å²) in [7, 11) is -2.30. The number of hydrogen-bond acceptors (Lipinski definition) is 4. The van der Waals surface area contributed by atoms with E-state index in [0.717, 1.165) is 4.88 Å². The molecule has 120 valence electrons. The number of hydrogen-bond donors (Lipinski definition) is 1. The molecule has 0 radical (unpaired) electrons. The standard InChI is InChI=1S/C13H12Cl3NO3S2/c1-20-10(11-4-5-13(16)21-11)7-17-22(18,19)12-6-8(14)2-3-9(12)15/h2-6,10,17H,7H2,1H3. The maximum absolute atomic E-state index is 12.3. The third-order valence-electron chi connectivity index (χ3n) is 2.84. The van der Waals surface area contributed by atoms with Crippen LogP contribution in [0.25, 0.3) is 0 Å². The minimum Gasteiger partial charge on any atom is -0.375 e. The molecule has 1 unspecified atom stereocenters. The third kappa shape index (κ3) is 4.35. The third-order valence-corrected chi connectivity index (χ3v) is 6.30. The van der Waals surface area contributed by atoms with Gasteiger partial charge in [0.25, 0.3) is 0 Å². The number of nitrogens with one attached hydrogen (secondary N) is 1. The van der Waals surface area contributed by atoms with Gasteiger partial charge in [-0.2, -0.15) is 0 Å². The molecule has 0 saturated heterocycles. The van der Waals surface area contributed by atoms with E-state index >= 15 is 0 Å². The Labute approximate surface area is 148 Å². The van der Waals surface area contributed by atoms with Crippen molar-refractivity contribution in [1.29, 1.82) is 0 Å². The first kappa shape index (κ1) is 18.0. The number of thiophene rings is 1. The highest BCUT2D eigenvalue weighted by molar-refractivity contribution is 7.89. The van der Waals surface area contributed by atoms with Gasteiger partial charge in [0, 0.05) is 23.6 Å². The Morgan fingerprint density at radius 2 is 1.95 bits per heavy atom. The number of benzene rings is 1. The Kier molecular flexibility index (Phi) is 6.13. The molecule has 2 aromatic rings. The highest BCUT2D eigenvalue weighted by Gasteiger charge is 2.21. The van der Waals surface area contributed by atoms with Crippen LogP contribution in [0.1, 0.15) is 11.0 Å². The van der Waals surface area contributed by atoms with Crippen molar-refractivity contribution < 1.29 is 13.2 Å². The molecule has 1 atom stereocenters. The molecule has 0 saturated carbocycles.